The number of rotatable bonds is 3. The second-order valence-electron chi connectivity index (χ2n) is 3.34. The van der Waals surface area contributed by atoms with E-state index in [1.807, 2.05) is 24.3 Å². The summed E-state index contributed by atoms with van der Waals surface area (Å²) in [6.07, 6.45) is 3.23. The van der Waals surface area contributed by atoms with E-state index in [-0.39, 0.29) is 0 Å². The maximum absolute atomic E-state index is 9.87. The molecular weight excluding hydrogens is 212 g/mol. The first-order valence-corrected chi connectivity index (χ1v) is 5.05. The number of hydrogen-bond donors (Lipinski definition) is 2. The van der Waals surface area contributed by atoms with E-state index in [0.29, 0.717) is 11.4 Å². The third-order valence-electron chi connectivity index (χ3n) is 2.28. The quantitative estimate of drug-likeness (QED) is 0.838. The molecule has 0 spiro atoms. The van der Waals surface area contributed by atoms with E-state index in [0.717, 1.165) is 11.1 Å². The summed E-state index contributed by atoms with van der Waals surface area (Å²) in [5.41, 5.74) is 1.71. The van der Waals surface area contributed by atoms with Gasteiger partial charge >= 0.3 is 0 Å². The molecule has 4 heteroatoms. The zero-order chi connectivity index (χ0) is 10.7. The molecule has 0 radical (unpaired) electrons. The molecule has 3 nitrogen and oxygen atoms in total. The van der Waals surface area contributed by atoms with Crippen LogP contribution in [0.3, 0.4) is 0 Å². The van der Waals surface area contributed by atoms with Crippen molar-refractivity contribution in [2.45, 2.75) is 12.5 Å². The number of aliphatic hydroxyl groups is 1. The van der Waals surface area contributed by atoms with Crippen molar-refractivity contribution in [2.75, 3.05) is 0 Å². The fraction of sp³-hybridized carbons (Fsp3) is 0.182. The van der Waals surface area contributed by atoms with Crippen molar-refractivity contribution in [3.63, 3.8) is 0 Å². The van der Waals surface area contributed by atoms with Crippen LogP contribution in [0.1, 0.15) is 17.2 Å². The maximum atomic E-state index is 9.87. The standard InChI is InChI=1S/C11H11ClN2O/c12-10-4-2-1-3-8(10)5-11(15)9-6-13-14-7-9/h1-4,6-7,11,15H,5H2,(H,13,14). The first kappa shape index (κ1) is 10.2. The van der Waals surface area contributed by atoms with Gasteiger partial charge in [-0.1, -0.05) is 29.8 Å². The van der Waals surface area contributed by atoms with Gasteiger partial charge in [-0.05, 0) is 11.6 Å². The molecule has 15 heavy (non-hydrogen) atoms. The van der Waals surface area contributed by atoms with Gasteiger partial charge in [0.15, 0.2) is 0 Å². The molecule has 78 valence electrons. The molecule has 1 atom stereocenters. The lowest BCUT2D eigenvalue weighted by molar-refractivity contribution is 0.178. The van der Waals surface area contributed by atoms with Crippen molar-refractivity contribution in [3.8, 4) is 0 Å². The van der Waals surface area contributed by atoms with Gasteiger partial charge < -0.3 is 5.11 Å². The van der Waals surface area contributed by atoms with Crippen LogP contribution in [0.15, 0.2) is 36.7 Å². The van der Waals surface area contributed by atoms with E-state index >= 15 is 0 Å². The molecule has 1 aromatic carbocycles. The highest BCUT2D eigenvalue weighted by molar-refractivity contribution is 6.31. The molecule has 0 aliphatic carbocycles. The van der Waals surface area contributed by atoms with Crippen molar-refractivity contribution in [3.05, 3.63) is 52.8 Å². The van der Waals surface area contributed by atoms with Crippen LogP contribution in [0.25, 0.3) is 0 Å². The average Bonchev–Trinajstić information content (AvgIpc) is 2.74. The lowest BCUT2D eigenvalue weighted by atomic mass is 10.0. The van der Waals surface area contributed by atoms with Crippen molar-refractivity contribution in [1.29, 1.82) is 0 Å². The lowest BCUT2D eigenvalue weighted by Crippen LogP contribution is -2.00. The minimum atomic E-state index is -0.566. The van der Waals surface area contributed by atoms with Gasteiger partial charge in [0.1, 0.15) is 0 Å². The SMILES string of the molecule is OC(Cc1ccccc1Cl)c1cn[nH]c1. The van der Waals surface area contributed by atoms with E-state index in [1.165, 1.54) is 0 Å². The number of H-pyrrole nitrogens is 1. The molecule has 0 aliphatic rings. The summed E-state index contributed by atoms with van der Waals surface area (Å²) in [5.74, 6) is 0. The highest BCUT2D eigenvalue weighted by Gasteiger charge is 2.11. The summed E-state index contributed by atoms with van der Waals surface area (Å²) in [7, 11) is 0. The molecule has 1 heterocycles. The first-order chi connectivity index (χ1) is 7.27. The molecule has 2 rings (SSSR count). The van der Waals surface area contributed by atoms with Gasteiger partial charge in [0.05, 0.1) is 12.3 Å². The highest BCUT2D eigenvalue weighted by Crippen LogP contribution is 2.22. The Morgan fingerprint density at radius 3 is 2.87 bits per heavy atom. The molecule has 0 bridgehead atoms. The molecular formula is C11H11ClN2O. The van der Waals surface area contributed by atoms with Crippen LogP contribution in [-0.2, 0) is 6.42 Å². The van der Waals surface area contributed by atoms with E-state index in [4.69, 9.17) is 11.6 Å². The Balaban J connectivity index is 2.13. The predicted octanol–water partition coefficient (Wildman–Crippen LogP) is 2.34. The Kier molecular flexibility index (Phi) is 3.04. The Labute approximate surface area is 92.7 Å². The highest BCUT2D eigenvalue weighted by atomic mass is 35.5. The van der Waals surface area contributed by atoms with Crippen LogP contribution in [0.2, 0.25) is 5.02 Å². The minimum Gasteiger partial charge on any atom is -0.388 e. The Bertz CT molecular complexity index is 428. The summed E-state index contributed by atoms with van der Waals surface area (Å²) in [6, 6.07) is 7.50. The van der Waals surface area contributed by atoms with Crippen molar-refractivity contribution >= 4 is 11.6 Å². The third-order valence-corrected chi connectivity index (χ3v) is 2.64. The van der Waals surface area contributed by atoms with E-state index < -0.39 is 6.10 Å². The molecule has 0 saturated heterocycles. The van der Waals surface area contributed by atoms with E-state index in [9.17, 15) is 5.11 Å². The molecule has 1 unspecified atom stereocenters. The zero-order valence-corrected chi connectivity index (χ0v) is 8.78. The molecule has 2 N–H and O–H groups in total. The fourth-order valence-corrected chi connectivity index (χ4v) is 1.65. The molecule has 1 aromatic heterocycles. The molecule has 0 saturated carbocycles. The first-order valence-electron chi connectivity index (χ1n) is 4.67. The summed E-state index contributed by atoms with van der Waals surface area (Å²) in [5, 5.41) is 17.0. The summed E-state index contributed by atoms with van der Waals surface area (Å²) >= 11 is 6.00. The van der Waals surface area contributed by atoms with E-state index in [2.05, 4.69) is 10.2 Å². The fourth-order valence-electron chi connectivity index (χ4n) is 1.43. The van der Waals surface area contributed by atoms with Crippen LogP contribution in [0.4, 0.5) is 0 Å². The summed E-state index contributed by atoms with van der Waals surface area (Å²) < 4.78 is 0. The third kappa shape index (κ3) is 2.37. The Hall–Kier alpha value is -1.32. The number of nitrogens with one attached hydrogen (secondary N) is 1. The van der Waals surface area contributed by atoms with Gasteiger partial charge in [0.25, 0.3) is 0 Å². The predicted molar refractivity (Wildman–Crippen MR) is 58.7 cm³/mol. The van der Waals surface area contributed by atoms with Crippen LogP contribution in [-0.4, -0.2) is 15.3 Å². The minimum absolute atomic E-state index is 0.499. The molecule has 0 aliphatic heterocycles. The number of aromatic amines is 1. The Morgan fingerprint density at radius 2 is 2.20 bits per heavy atom. The van der Waals surface area contributed by atoms with Crippen molar-refractivity contribution in [2.24, 2.45) is 0 Å². The van der Waals surface area contributed by atoms with Crippen LogP contribution in [0.5, 0.6) is 0 Å². The van der Waals surface area contributed by atoms with Gasteiger partial charge in [-0.15, -0.1) is 0 Å². The lowest BCUT2D eigenvalue weighted by Gasteiger charge is -2.09. The van der Waals surface area contributed by atoms with Gasteiger partial charge in [-0.25, -0.2) is 0 Å². The zero-order valence-electron chi connectivity index (χ0n) is 8.02. The van der Waals surface area contributed by atoms with E-state index in [1.54, 1.807) is 12.4 Å². The van der Waals surface area contributed by atoms with Gasteiger partial charge in [-0.2, -0.15) is 5.10 Å². The van der Waals surface area contributed by atoms with Gasteiger partial charge in [-0.3, -0.25) is 5.10 Å². The molecule has 0 fully saturated rings. The number of halogens is 1. The van der Waals surface area contributed by atoms with Crippen molar-refractivity contribution < 1.29 is 5.11 Å². The van der Waals surface area contributed by atoms with Crippen LogP contribution < -0.4 is 0 Å². The maximum Gasteiger partial charge on any atom is 0.0861 e. The van der Waals surface area contributed by atoms with Crippen LogP contribution in [0, 0.1) is 0 Å². The van der Waals surface area contributed by atoms with Gasteiger partial charge in [0.2, 0.25) is 0 Å². The smallest absolute Gasteiger partial charge is 0.0861 e. The number of aromatic nitrogens is 2. The summed E-state index contributed by atoms with van der Waals surface area (Å²) in [4.78, 5) is 0. The number of nitrogens with zero attached hydrogens (tertiary/aromatic N) is 1. The number of benzene rings is 1. The summed E-state index contributed by atoms with van der Waals surface area (Å²) in [6.45, 7) is 0. The topological polar surface area (TPSA) is 48.9 Å². The second-order valence-corrected chi connectivity index (χ2v) is 3.75. The van der Waals surface area contributed by atoms with Crippen LogP contribution >= 0.6 is 11.6 Å². The number of aliphatic hydroxyl groups excluding tert-OH is 1. The molecule has 0 amide bonds. The average molecular weight is 223 g/mol. The van der Waals surface area contributed by atoms with Gasteiger partial charge in [0, 0.05) is 23.2 Å². The number of hydrogen-bond acceptors (Lipinski definition) is 2. The Morgan fingerprint density at radius 1 is 1.40 bits per heavy atom. The van der Waals surface area contributed by atoms with Crippen molar-refractivity contribution in [1.82, 2.24) is 10.2 Å². The largest absolute Gasteiger partial charge is 0.388 e. The second kappa shape index (κ2) is 4.47. The normalized spacial score (nSPS) is 12.7. The molecule has 2 aromatic rings. The monoisotopic (exact) mass is 222 g/mol.